The highest BCUT2D eigenvalue weighted by Crippen LogP contribution is 2.31. The Morgan fingerprint density at radius 1 is 0.850 bits per heavy atom. The first-order valence-electron chi connectivity index (χ1n) is 7.23. The van der Waals surface area contributed by atoms with Gasteiger partial charge in [-0.2, -0.15) is 0 Å². The summed E-state index contributed by atoms with van der Waals surface area (Å²) in [6.45, 7) is 2.13. The number of hydrogen-bond donors (Lipinski definition) is 0. The van der Waals surface area contributed by atoms with Crippen LogP contribution in [0.4, 0.5) is 0 Å². The smallest absolute Gasteiger partial charge is 0.0147 e. The first-order chi connectivity index (χ1) is 9.72. The van der Waals surface area contributed by atoms with Crippen LogP contribution in [-0.4, -0.2) is 3.92 Å². The molecule has 1 aliphatic carbocycles. The molecule has 3 rings (SSSR count). The summed E-state index contributed by atoms with van der Waals surface area (Å²) in [5.41, 5.74) is 6.83. The van der Waals surface area contributed by atoms with E-state index in [2.05, 4.69) is 84.1 Å². The molecule has 1 unspecified atom stereocenters. The van der Waals surface area contributed by atoms with E-state index in [1.807, 2.05) is 0 Å². The molecule has 0 aromatic heterocycles. The number of benzene rings is 2. The van der Waals surface area contributed by atoms with Crippen molar-refractivity contribution in [3.8, 4) is 11.1 Å². The molecule has 2 aromatic rings. The Morgan fingerprint density at radius 3 is 1.95 bits per heavy atom. The molecule has 0 heterocycles. The second-order valence-corrected chi connectivity index (χ2v) is 7.31. The van der Waals surface area contributed by atoms with Gasteiger partial charge in [0.2, 0.25) is 0 Å². The molecule has 0 N–H and O–H groups in total. The Morgan fingerprint density at radius 2 is 1.40 bits per heavy atom. The lowest BCUT2D eigenvalue weighted by Crippen LogP contribution is -2.02. The van der Waals surface area contributed by atoms with Crippen LogP contribution in [0.1, 0.15) is 30.4 Å². The molecule has 0 amide bonds. The molecule has 2 aromatic carbocycles. The Hall–Kier alpha value is -1.09. The van der Waals surface area contributed by atoms with Gasteiger partial charge < -0.3 is 0 Å². The molecule has 0 nitrogen and oxygen atoms in total. The SMILES string of the molecule is Cc1ccc(-c2ccc(C3=CCC(I)CC3)cc2)cc1. The van der Waals surface area contributed by atoms with Gasteiger partial charge in [0, 0.05) is 3.92 Å². The van der Waals surface area contributed by atoms with Gasteiger partial charge in [0.25, 0.3) is 0 Å². The molecular formula is C19H19I. The molecule has 1 heteroatoms. The van der Waals surface area contributed by atoms with Gasteiger partial charge in [0.05, 0.1) is 0 Å². The van der Waals surface area contributed by atoms with Crippen molar-refractivity contribution >= 4 is 28.2 Å². The Labute approximate surface area is 135 Å². The molecule has 1 atom stereocenters. The topological polar surface area (TPSA) is 0 Å². The fraction of sp³-hybridized carbons (Fsp3) is 0.263. The highest BCUT2D eigenvalue weighted by atomic mass is 127. The third kappa shape index (κ3) is 3.14. The molecular weight excluding hydrogens is 355 g/mol. The van der Waals surface area contributed by atoms with Gasteiger partial charge >= 0.3 is 0 Å². The summed E-state index contributed by atoms with van der Waals surface area (Å²) < 4.78 is 0.822. The second-order valence-electron chi connectivity index (χ2n) is 5.54. The van der Waals surface area contributed by atoms with E-state index in [0.29, 0.717) is 0 Å². The van der Waals surface area contributed by atoms with Crippen molar-refractivity contribution < 1.29 is 0 Å². The van der Waals surface area contributed by atoms with Crippen molar-refractivity contribution in [2.24, 2.45) is 0 Å². The number of halogens is 1. The zero-order valence-electron chi connectivity index (χ0n) is 11.8. The number of aryl methyl sites for hydroxylation is 1. The van der Waals surface area contributed by atoms with Crippen LogP contribution >= 0.6 is 22.6 Å². The average Bonchev–Trinajstić information content (AvgIpc) is 2.49. The summed E-state index contributed by atoms with van der Waals surface area (Å²) in [4.78, 5) is 0. The van der Waals surface area contributed by atoms with Crippen LogP contribution < -0.4 is 0 Å². The molecule has 0 fully saturated rings. The molecule has 0 saturated carbocycles. The fourth-order valence-electron chi connectivity index (χ4n) is 2.69. The number of alkyl halides is 1. The quantitative estimate of drug-likeness (QED) is 0.445. The third-order valence-electron chi connectivity index (χ3n) is 3.99. The van der Waals surface area contributed by atoms with Crippen molar-refractivity contribution in [1.29, 1.82) is 0 Å². The van der Waals surface area contributed by atoms with E-state index in [1.54, 1.807) is 0 Å². The summed E-state index contributed by atoms with van der Waals surface area (Å²) >= 11 is 2.56. The van der Waals surface area contributed by atoms with Crippen LogP contribution in [0.15, 0.2) is 54.6 Å². The van der Waals surface area contributed by atoms with Crippen molar-refractivity contribution in [1.82, 2.24) is 0 Å². The minimum Gasteiger partial charge on any atom is -0.0823 e. The molecule has 0 radical (unpaired) electrons. The fourth-order valence-corrected chi connectivity index (χ4v) is 3.25. The minimum absolute atomic E-state index is 0.822. The van der Waals surface area contributed by atoms with E-state index in [-0.39, 0.29) is 0 Å². The van der Waals surface area contributed by atoms with Gasteiger partial charge in [-0.25, -0.2) is 0 Å². The van der Waals surface area contributed by atoms with Gasteiger partial charge in [-0.3, -0.25) is 0 Å². The first kappa shape index (κ1) is 13.9. The lowest BCUT2D eigenvalue weighted by atomic mass is 9.92. The summed E-state index contributed by atoms with van der Waals surface area (Å²) in [5.74, 6) is 0. The standard InChI is InChI=1S/C19H19I/c1-14-2-4-15(5-3-14)16-6-8-17(9-7-16)18-10-12-19(20)13-11-18/h2-10,19H,11-13H2,1H3. The normalized spacial score (nSPS) is 18.7. The van der Waals surface area contributed by atoms with E-state index in [0.717, 1.165) is 3.92 Å². The monoisotopic (exact) mass is 374 g/mol. The van der Waals surface area contributed by atoms with E-state index in [1.165, 1.54) is 47.1 Å². The highest BCUT2D eigenvalue weighted by molar-refractivity contribution is 14.1. The largest absolute Gasteiger partial charge is 0.0823 e. The maximum absolute atomic E-state index is 2.56. The minimum atomic E-state index is 0.822. The van der Waals surface area contributed by atoms with Crippen LogP contribution in [0, 0.1) is 6.92 Å². The van der Waals surface area contributed by atoms with E-state index >= 15 is 0 Å². The van der Waals surface area contributed by atoms with Gasteiger partial charge in [-0.1, -0.05) is 82.8 Å². The molecule has 0 saturated heterocycles. The zero-order valence-corrected chi connectivity index (χ0v) is 13.9. The van der Waals surface area contributed by atoms with Gasteiger partial charge in [0.15, 0.2) is 0 Å². The predicted octanol–water partition coefficient (Wildman–Crippen LogP) is 6.03. The van der Waals surface area contributed by atoms with Crippen molar-refractivity contribution in [3.05, 3.63) is 65.7 Å². The molecule has 0 bridgehead atoms. The predicted molar refractivity (Wildman–Crippen MR) is 96.3 cm³/mol. The van der Waals surface area contributed by atoms with E-state index in [4.69, 9.17) is 0 Å². The van der Waals surface area contributed by atoms with Gasteiger partial charge in [0.1, 0.15) is 0 Å². The van der Waals surface area contributed by atoms with E-state index < -0.39 is 0 Å². The zero-order chi connectivity index (χ0) is 13.9. The van der Waals surface area contributed by atoms with Crippen LogP contribution in [0.2, 0.25) is 0 Å². The van der Waals surface area contributed by atoms with Gasteiger partial charge in [-0.05, 0) is 48.4 Å². The number of allylic oxidation sites excluding steroid dienone is 2. The Bertz CT molecular complexity index is 605. The van der Waals surface area contributed by atoms with Crippen LogP contribution in [0.25, 0.3) is 16.7 Å². The van der Waals surface area contributed by atoms with Crippen molar-refractivity contribution in [3.63, 3.8) is 0 Å². The molecule has 0 aliphatic heterocycles. The van der Waals surface area contributed by atoms with Crippen LogP contribution in [-0.2, 0) is 0 Å². The highest BCUT2D eigenvalue weighted by Gasteiger charge is 2.12. The number of rotatable bonds is 2. The first-order valence-corrected chi connectivity index (χ1v) is 8.47. The lowest BCUT2D eigenvalue weighted by molar-refractivity contribution is 0.784. The van der Waals surface area contributed by atoms with Crippen molar-refractivity contribution in [2.45, 2.75) is 30.1 Å². The van der Waals surface area contributed by atoms with Crippen LogP contribution in [0.5, 0.6) is 0 Å². The Balaban J connectivity index is 1.83. The van der Waals surface area contributed by atoms with Gasteiger partial charge in [-0.15, -0.1) is 0 Å². The number of hydrogen-bond acceptors (Lipinski definition) is 0. The maximum atomic E-state index is 2.56. The van der Waals surface area contributed by atoms with Crippen molar-refractivity contribution in [2.75, 3.05) is 0 Å². The molecule has 102 valence electrons. The lowest BCUT2D eigenvalue weighted by Gasteiger charge is -2.17. The molecule has 1 aliphatic rings. The summed E-state index contributed by atoms with van der Waals surface area (Å²) in [7, 11) is 0. The summed E-state index contributed by atoms with van der Waals surface area (Å²) in [6, 6.07) is 17.8. The average molecular weight is 374 g/mol. The third-order valence-corrected chi connectivity index (χ3v) is 5.12. The molecule has 20 heavy (non-hydrogen) atoms. The summed E-state index contributed by atoms with van der Waals surface area (Å²) in [5, 5.41) is 0. The Kier molecular flexibility index (Phi) is 4.25. The summed E-state index contributed by atoms with van der Waals surface area (Å²) in [6.07, 6.45) is 6.17. The molecule has 0 spiro atoms. The maximum Gasteiger partial charge on any atom is 0.0147 e. The van der Waals surface area contributed by atoms with E-state index in [9.17, 15) is 0 Å². The van der Waals surface area contributed by atoms with Crippen LogP contribution in [0.3, 0.4) is 0 Å². The second kappa shape index (κ2) is 6.13.